The molecule has 1 aliphatic heterocycles. The molecule has 0 unspecified atom stereocenters. The van der Waals surface area contributed by atoms with Gasteiger partial charge in [-0.15, -0.1) is 0 Å². The molecule has 0 spiro atoms. The predicted molar refractivity (Wildman–Crippen MR) is 129 cm³/mol. The lowest BCUT2D eigenvalue weighted by Gasteiger charge is -2.28. The molecular formula is C25H27N5O3. The number of rotatable bonds is 6. The van der Waals surface area contributed by atoms with Crippen LogP contribution in [0.15, 0.2) is 65.5 Å². The Bertz CT molecular complexity index is 1200. The monoisotopic (exact) mass is 445 g/mol. The van der Waals surface area contributed by atoms with E-state index >= 15 is 0 Å². The number of carbonyl (C=O) groups is 2. The van der Waals surface area contributed by atoms with Crippen molar-refractivity contribution >= 4 is 28.9 Å². The van der Waals surface area contributed by atoms with Gasteiger partial charge in [-0.3, -0.25) is 14.4 Å². The Morgan fingerprint density at radius 1 is 0.909 bits per heavy atom. The number of aromatic nitrogens is 2. The summed E-state index contributed by atoms with van der Waals surface area (Å²) in [6, 6.07) is 18.0. The van der Waals surface area contributed by atoms with Crippen molar-refractivity contribution < 1.29 is 9.59 Å². The molecule has 2 N–H and O–H groups in total. The van der Waals surface area contributed by atoms with Crippen LogP contribution in [0, 0.1) is 0 Å². The fourth-order valence-corrected chi connectivity index (χ4v) is 3.93. The summed E-state index contributed by atoms with van der Waals surface area (Å²) in [6.45, 7) is 3.34. The van der Waals surface area contributed by atoms with Crippen molar-refractivity contribution in [2.45, 2.75) is 32.7 Å². The van der Waals surface area contributed by atoms with E-state index in [1.54, 1.807) is 30.3 Å². The third-order valence-electron chi connectivity index (χ3n) is 5.51. The first-order valence-corrected chi connectivity index (χ1v) is 11.1. The molecule has 0 aliphatic carbocycles. The summed E-state index contributed by atoms with van der Waals surface area (Å²) in [5.41, 5.74) is 3.43. The molecule has 170 valence electrons. The van der Waals surface area contributed by atoms with Crippen molar-refractivity contribution in [1.29, 1.82) is 0 Å². The van der Waals surface area contributed by atoms with E-state index in [9.17, 15) is 14.4 Å². The fourth-order valence-electron chi connectivity index (χ4n) is 3.93. The Morgan fingerprint density at radius 2 is 1.61 bits per heavy atom. The van der Waals surface area contributed by atoms with Gasteiger partial charge in [0.2, 0.25) is 11.8 Å². The second-order valence-electron chi connectivity index (χ2n) is 8.12. The molecule has 8 heteroatoms. The minimum absolute atomic E-state index is 0.199. The highest BCUT2D eigenvalue weighted by molar-refractivity contribution is 5.93. The van der Waals surface area contributed by atoms with Gasteiger partial charge in [-0.25, -0.2) is 4.68 Å². The summed E-state index contributed by atoms with van der Waals surface area (Å²) in [6.07, 6.45) is 3.72. The second kappa shape index (κ2) is 10.1. The summed E-state index contributed by atoms with van der Waals surface area (Å²) < 4.78 is 1.15. The minimum Gasteiger partial charge on any atom is -0.372 e. The Morgan fingerprint density at radius 3 is 2.30 bits per heavy atom. The van der Waals surface area contributed by atoms with Gasteiger partial charge in [-0.05, 0) is 55.7 Å². The number of carbonyl (C=O) groups excluding carboxylic acids is 2. The van der Waals surface area contributed by atoms with Gasteiger partial charge in [-0.1, -0.05) is 18.2 Å². The number of piperidine rings is 1. The van der Waals surface area contributed by atoms with E-state index in [2.05, 4.69) is 32.8 Å². The maximum Gasteiger partial charge on any atom is 0.267 e. The predicted octanol–water partition coefficient (Wildman–Crippen LogP) is 3.50. The van der Waals surface area contributed by atoms with E-state index in [4.69, 9.17) is 0 Å². The molecule has 1 aromatic heterocycles. The van der Waals surface area contributed by atoms with Crippen LogP contribution >= 0.6 is 0 Å². The lowest BCUT2D eigenvalue weighted by Crippen LogP contribution is -2.29. The van der Waals surface area contributed by atoms with Crippen LogP contribution in [0.3, 0.4) is 0 Å². The summed E-state index contributed by atoms with van der Waals surface area (Å²) in [4.78, 5) is 38.4. The Hall–Kier alpha value is -3.94. The van der Waals surface area contributed by atoms with E-state index < -0.39 is 0 Å². The average molecular weight is 446 g/mol. The topological polar surface area (TPSA) is 96.3 Å². The number of nitrogens with one attached hydrogen (secondary N) is 2. The molecule has 1 fully saturated rings. The van der Waals surface area contributed by atoms with Crippen LogP contribution in [-0.2, 0) is 16.1 Å². The van der Waals surface area contributed by atoms with Gasteiger partial charge in [0, 0.05) is 48.7 Å². The maximum absolute atomic E-state index is 12.5. The van der Waals surface area contributed by atoms with Gasteiger partial charge < -0.3 is 15.5 Å². The van der Waals surface area contributed by atoms with Crippen molar-refractivity contribution in [2.75, 3.05) is 28.6 Å². The number of hydrogen-bond acceptors (Lipinski definition) is 5. The number of nitrogens with zero attached hydrogens (tertiary/aromatic N) is 3. The first-order valence-electron chi connectivity index (χ1n) is 11.1. The van der Waals surface area contributed by atoms with Crippen LogP contribution in [0.2, 0.25) is 0 Å². The van der Waals surface area contributed by atoms with Gasteiger partial charge in [0.15, 0.2) is 0 Å². The molecule has 4 rings (SSSR count). The van der Waals surface area contributed by atoms with E-state index in [1.807, 2.05) is 12.1 Å². The van der Waals surface area contributed by atoms with Crippen molar-refractivity contribution in [2.24, 2.45) is 0 Å². The highest BCUT2D eigenvalue weighted by atomic mass is 16.2. The van der Waals surface area contributed by atoms with Crippen LogP contribution in [0.4, 0.5) is 17.1 Å². The zero-order chi connectivity index (χ0) is 23.2. The van der Waals surface area contributed by atoms with Gasteiger partial charge in [-0.2, -0.15) is 5.10 Å². The zero-order valence-corrected chi connectivity index (χ0v) is 18.6. The quantitative estimate of drug-likeness (QED) is 0.605. The lowest BCUT2D eigenvalue weighted by molar-refractivity contribution is -0.117. The molecule has 0 bridgehead atoms. The Labute approximate surface area is 192 Å². The molecule has 0 saturated carbocycles. The van der Waals surface area contributed by atoms with E-state index in [0.29, 0.717) is 17.1 Å². The lowest BCUT2D eigenvalue weighted by atomic mass is 10.1. The first kappa shape index (κ1) is 22.3. The van der Waals surface area contributed by atoms with Crippen molar-refractivity contribution in [3.8, 4) is 11.3 Å². The third-order valence-corrected chi connectivity index (χ3v) is 5.51. The molecule has 8 nitrogen and oxygen atoms in total. The highest BCUT2D eigenvalue weighted by Crippen LogP contribution is 2.23. The molecule has 2 aromatic carbocycles. The second-order valence-corrected chi connectivity index (χ2v) is 8.12. The largest absolute Gasteiger partial charge is 0.372 e. The fraction of sp³-hybridized carbons (Fsp3) is 0.280. The van der Waals surface area contributed by atoms with Gasteiger partial charge >= 0.3 is 0 Å². The van der Waals surface area contributed by atoms with Gasteiger partial charge in [0.1, 0.15) is 6.54 Å². The molecule has 1 aliphatic rings. The molecule has 33 heavy (non-hydrogen) atoms. The van der Waals surface area contributed by atoms with Crippen LogP contribution < -0.4 is 21.1 Å². The summed E-state index contributed by atoms with van der Waals surface area (Å²) in [5.74, 6) is -0.586. The molecule has 2 amide bonds. The van der Waals surface area contributed by atoms with Crippen molar-refractivity contribution in [1.82, 2.24) is 9.78 Å². The molecule has 0 atom stereocenters. The average Bonchev–Trinajstić information content (AvgIpc) is 2.81. The molecule has 2 heterocycles. The normalized spacial score (nSPS) is 13.4. The van der Waals surface area contributed by atoms with Crippen LogP contribution in [0.25, 0.3) is 11.3 Å². The van der Waals surface area contributed by atoms with Crippen molar-refractivity contribution in [3.05, 3.63) is 71.0 Å². The van der Waals surface area contributed by atoms with E-state index in [0.717, 1.165) is 23.3 Å². The van der Waals surface area contributed by atoms with Crippen LogP contribution in [0.5, 0.6) is 0 Å². The maximum atomic E-state index is 12.5. The van der Waals surface area contributed by atoms with E-state index in [1.165, 1.54) is 37.9 Å². The Balaban J connectivity index is 1.45. The molecule has 1 saturated heterocycles. The SMILES string of the molecule is CC(=O)Nc1cccc(NC(=O)Cn2nc(-c3ccc(N4CCCCC4)cc3)ccc2=O)c1. The first-order chi connectivity index (χ1) is 16.0. The third kappa shape index (κ3) is 5.85. The van der Waals surface area contributed by atoms with E-state index in [-0.39, 0.29) is 23.9 Å². The van der Waals surface area contributed by atoms with Crippen LogP contribution in [-0.4, -0.2) is 34.7 Å². The summed E-state index contributed by atoms with van der Waals surface area (Å²) in [5, 5.41) is 9.80. The Kier molecular flexibility index (Phi) is 6.83. The van der Waals surface area contributed by atoms with Gasteiger partial charge in [0.25, 0.3) is 5.56 Å². The van der Waals surface area contributed by atoms with Gasteiger partial charge in [0.05, 0.1) is 5.69 Å². The molecular weight excluding hydrogens is 418 g/mol. The summed E-state index contributed by atoms with van der Waals surface area (Å²) >= 11 is 0. The standard InChI is InChI=1S/C25H27N5O3/c1-18(31)26-20-6-5-7-21(16-20)27-24(32)17-30-25(33)13-12-23(28-30)19-8-10-22(11-9-19)29-14-3-2-4-15-29/h5-13,16H,2-4,14-15,17H2,1H3,(H,26,31)(H,27,32). The zero-order valence-electron chi connectivity index (χ0n) is 18.6. The molecule has 3 aromatic rings. The number of anilines is 3. The number of hydrogen-bond donors (Lipinski definition) is 2. The molecule has 0 radical (unpaired) electrons. The van der Waals surface area contributed by atoms with Crippen LogP contribution in [0.1, 0.15) is 26.2 Å². The number of benzene rings is 2. The minimum atomic E-state index is -0.387. The highest BCUT2D eigenvalue weighted by Gasteiger charge is 2.12. The smallest absolute Gasteiger partial charge is 0.267 e. The number of amides is 2. The summed E-state index contributed by atoms with van der Waals surface area (Å²) in [7, 11) is 0. The van der Waals surface area contributed by atoms with Crippen molar-refractivity contribution in [3.63, 3.8) is 0 Å².